The highest BCUT2D eigenvalue weighted by Crippen LogP contribution is 2.36. The molecular weight excluding hydrogens is 464 g/mol. The molecule has 4 rings (SSSR count). The normalized spacial score (nSPS) is 12.5. The van der Waals surface area contributed by atoms with Gasteiger partial charge in [-0.25, -0.2) is 14.4 Å². The Bertz CT molecular complexity index is 1370. The largest absolute Gasteiger partial charge is 0.479 e. The second kappa shape index (κ2) is 9.32. The van der Waals surface area contributed by atoms with Gasteiger partial charge in [-0.3, -0.25) is 0 Å². The van der Waals surface area contributed by atoms with Crippen LogP contribution in [0.1, 0.15) is 35.3 Å². The molecule has 0 amide bonds. The van der Waals surface area contributed by atoms with Crippen LogP contribution < -0.4 is 10.1 Å². The first-order valence-electron chi connectivity index (χ1n) is 10.6. The third-order valence-corrected chi connectivity index (χ3v) is 5.41. The quantitative estimate of drug-likeness (QED) is 0.353. The van der Waals surface area contributed by atoms with Crippen molar-refractivity contribution in [2.45, 2.75) is 33.0 Å². The Hall–Kier alpha value is -4.02. The van der Waals surface area contributed by atoms with Crippen LogP contribution in [0.15, 0.2) is 48.9 Å². The maximum absolute atomic E-state index is 13.5. The first-order chi connectivity index (χ1) is 16.6. The third-order valence-electron chi connectivity index (χ3n) is 5.41. The third kappa shape index (κ3) is 5.08. The molecule has 0 bridgehead atoms. The number of hydrogen-bond acceptors (Lipinski definition) is 6. The van der Waals surface area contributed by atoms with E-state index in [9.17, 15) is 17.6 Å². The molecule has 3 heterocycles. The van der Waals surface area contributed by atoms with Crippen LogP contribution in [0.4, 0.5) is 23.4 Å². The van der Waals surface area contributed by atoms with E-state index in [1.165, 1.54) is 7.11 Å². The summed E-state index contributed by atoms with van der Waals surface area (Å²) in [6, 6.07) is 7.11. The highest BCUT2D eigenvalue weighted by molar-refractivity contribution is 5.61. The maximum Gasteiger partial charge on any atom is 0.416 e. The van der Waals surface area contributed by atoms with Crippen LogP contribution in [-0.4, -0.2) is 31.8 Å². The molecule has 1 N–H and O–H groups in total. The Kier molecular flexibility index (Phi) is 6.42. The lowest BCUT2D eigenvalue weighted by Crippen LogP contribution is -2.17. The second-order valence-electron chi connectivity index (χ2n) is 8.00. The summed E-state index contributed by atoms with van der Waals surface area (Å²) in [6.45, 7) is 5.17. The predicted molar refractivity (Wildman–Crippen MR) is 122 cm³/mol. The molecule has 35 heavy (non-hydrogen) atoms. The van der Waals surface area contributed by atoms with Gasteiger partial charge in [0.05, 0.1) is 36.4 Å². The topological polar surface area (TPSA) is 77.8 Å². The number of nitrogens with one attached hydrogen (secondary N) is 1. The lowest BCUT2D eigenvalue weighted by Gasteiger charge is -2.21. The minimum absolute atomic E-state index is 0.0964. The first kappa shape index (κ1) is 24.1. The monoisotopic (exact) mass is 486 g/mol. The zero-order valence-electron chi connectivity index (χ0n) is 19.4. The molecule has 0 aliphatic heterocycles. The van der Waals surface area contributed by atoms with Crippen molar-refractivity contribution in [3.8, 4) is 23.0 Å². The van der Waals surface area contributed by atoms with E-state index in [-0.39, 0.29) is 5.56 Å². The molecule has 1 aromatic carbocycles. The molecule has 0 fully saturated rings. The summed E-state index contributed by atoms with van der Waals surface area (Å²) in [4.78, 5) is 8.73. The molecule has 182 valence electrons. The van der Waals surface area contributed by atoms with Crippen LogP contribution in [0.5, 0.6) is 5.88 Å². The summed E-state index contributed by atoms with van der Waals surface area (Å²) in [6.07, 6.45) is -1.19. The maximum atomic E-state index is 13.5. The van der Waals surface area contributed by atoms with Gasteiger partial charge >= 0.3 is 6.18 Å². The lowest BCUT2D eigenvalue weighted by atomic mass is 10.0. The van der Waals surface area contributed by atoms with E-state index in [0.29, 0.717) is 40.4 Å². The van der Waals surface area contributed by atoms with Gasteiger partial charge in [0.1, 0.15) is 17.2 Å². The molecule has 11 heteroatoms. The summed E-state index contributed by atoms with van der Waals surface area (Å²) in [5, 5.41) is 11.3. The fraction of sp³-hybridized carbons (Fsp3) is 0.250. The van der Waals surface area contributed by atoms with Crippen molar-refractivity contribution in [2.24, 2.45) is 0 Å². The Morgan fingerprint density at radius 2 is 1.80 bits per heavy atom. The van der Waals surface area contributed by atoms with Crippen LogP contribution in [0, 0.1) is 19.7 Å². The van der Waals surface area contributed by atoms with E-state index in [4.69, 9.17) is 4.74 Å². The van der Waals surface area contributed by atoms with Crippen LogP contribution in [0.25, 0.3) is 17.1 Å². The van der Waals surface area contributed by atoms with E-state index >= 15 is 0 Å². The molecular formula is C24H22F4N6O. The molecule has 0 saturated heterocycles. The lowest BCUT2D eigenvalue weighted by molar-refractivity contribution is -0.138. The Labute approximate surface area is 198 Å². The fourth-order valence-electron chi connectivity index (χ4n) is 3.66. The van der Waals surface area contributed by atoms with Crippen LogP contribution >= 0.6 is 0 Å². The molecule has 0 saturated carbocycles. The number of rotatable bonds is 6. The summed E-state index contributed by atoms with van der Waals surface area (Å²) in [7, 11) is 1.51. The van der Waals surface area contributed by atoms with Gasteiger partial charge in [-0.05, 0) is 62.2 Å². The molecule has 7 nitrogen and oxygen atoms in total. The van der Waals surface area contributed by atoms with Crippen molar-refractivity contribution in [3.63, 3.8) is 0 Å². The van der Waals surface area contributed by atoms with Gasteiger partial charge in [-0.2, -0.15) is 13.2 Å². The van der Waals surface area contributed by atoms with E-state index < -0.39 is 23.6 Å². The molecule has 0 aliphatic rings. The molecule has 0 aliphatic carbocycles. The number of pyridine rings is 1. The molecule has 0 unspecified atom stereocenters. The minimum Gasteiger partial charge on any atom is -0.479 e. The van der Waals surface area contributed by atoms with Crippen molar-refractivity contribution in [1.82, 2.24) is 24.7 Å². The standard InChI is InChI=1S/C24H22F4N6O/c1-13-9-20(19-7-8-21(23(31-19)35-4)34-11-14(2)29-12-34)32-33-22(13)30-15(3)17-6-5-16(25)10-18(17)24(26,27)28/h5-12,15H,1-4H3,(H,30,33)/t15-/m0/s1. The van der Waals surface area contributed by atoms with E-state index in [0.717, 1.165) is 17.8 Å². The average molecular weight is 486 g/mol. The number of ether oxygens (including phenoxy) is 1. The highest BCUT2D eigenvalue weighted by atomic mass is 19.4. The van der Waals surface area contributed by atoms with Gasteiger partial charge in [0.25, 0.3) is 0 Å². The van der Waals surface area contributed by atoms with Crippen LogP contribution in [0.3, 0.4) is 0 Å². The Morgan fingerprint density at radius 1 is 1.03 bits per heavy atom. The van der Waals surface area contributed by atoms with Gasteiger partial charge < -0.3 is 14.6 Å². The highest BCUT2D eigenvalue weighted by Gasteiger charge is 2.35. The van der Waals surface area contributed by atoms with E-state index in [2.05, 4.69) is 25.5 Å². The molecule has 4 aromatic rings. The van der Waals surface area contributed by atoms with Gasteiger partial charge in [-0.1, -0.05) is 6.07 Å². The number of nitrogens with zero attached hydrogens (tertiary/aromatic N) is 5. The second-order valence-corrected chi connectivity index (χ2v) is 8.00. The van der Waals surface area contributed by atoms with Crippen molar-refractivity contribution >= 4 is 5.82 Å². The van der Waals surface area contributed by atoms with Crippen molar-refractivity contribution < 1.29 is 22.3 Å². The Morgan fingerprint density at radius 3 is 2.43 bits per heavy atom. The average Bonchev–Trinajstić information content (AvgIpc) is 3.25. The smallest absolute Gasteiger partial charge is 0.416 e. The molecule has 0 radical (unpaired) electrons. The van der Waals surface area contributed by atoms with Gasteiger partial charge in [0.15, 0.2) is 5.82 Å². The fourth-order valence-corrected chi connectivity index (χ4v) is 3.66. The number of aryl methyl sites for hydroxylation is 2. The first-order valence-corrected chi connectivity index (χ1v) is 10.6. The molecule has 3 aromatic heterocycles. The number of methoxy groups -OCH3 is 1. The number of hydrogen-bond donors (Lipinski definition) is 1. The van der Waals surface area contributed by atoms with Gasteiger partial charge in [0, 0.05) is 6.20 Å². The van der Waals surface area contributed by atoms with Gasteiger partial charge in [0.2, 0.25) is 5.88 Å². The SMILES string of the molecule is COc1nc(-c2cc(C)c(N[C@@H](C)c3ccc(F)cc3C(F)(F)F)nn2)ccc1-n1cnc(C)c1. The van der Waals surface area contributed by atoms with E-state index in [1.807, 2.05) is 19.2 Å². The van der Waals surface area contributed by atoms with Crippen molar-refractivity contribution in [1.29, 1.82) is 0 Å². The number of imidazole rings is 1. The summed E-state index contributed by atoms with van der Waals surface area (Å²) in [5.74, 6) is -0.284. The van der Waals surface area contributed by atoms with E-state index in [1.54, 1.807) is 36.9 Å². The Balaban J connectivity index is 1.60. The summed E-state index contributed by atoms with van der Waals surface area (Å²) in [5.41, 5.74) is 2.03. The van der Waals surface area contributed by atoms with Crippen LogP contribution in [-0.2, 0) is 6.18 Å². The van der Waals surface area contributed by atoms with Crippen molar-refractivity contribution in [2.75, 3.05) is 12.4 Å². The number of anilines is 1. The minimum atomic E-state index is -4.69. The van der Waals surface area contributed by atoms with Crippen molar-refractivity contribution in [3.05, 3.63) is 77.1 Å². The van der Waals surface area contributed by atoms with Gasteiger partial charge in [-0.15, -0.1) is 10.2 Å². The zero-order valence-corrected chi connectivity index (χ0v) is 19.4. The summed E-state index contributed by atoms with van der Waals surface area (Å²) >= 11 is 0. The number of benzene rings is 1. The number of halogens is 4. The zero-order chi connectivity index (χ0) is 25.3. The molecule has 1 atom stereocenters. The molecule has 0 spiro atoms. The predicted octanol–water partition coefficient (Wildman–Crippen LogP) is 5.68. The summed E-state index contributed by atoms with van der Waals surface area (Å²) < 4.78 is 60.9. The number of aromatic nitrogens is 5. The number of alkyl halides is 3. The van der Waals surface area contributed by atoms with Crippen LogP contribution in [0.2, 0.25) is 0 Å².